The molecule has 1 atom stereocenters. The lowest BCUT2D eigenvalue weighted by Crippen LogP contribution is -2.28. The Kier molecular flexibility index (Phi) is 5.67. The molecule has 0 spiro atoms. The number of benzene rings is 2. The maximum atomic E-state index is 12.9. The van der Waals surface area contributed by atoms with E-state index in [1.165, 1.54) is 17.3 Å². The quantitative estimate of drug-likeness (QED) is 0.762. The number of thioether (sulfide) groups is 1. The van der Waals surface area contributed by atoms with Crippen molar-refractivity contribution in [2.45, 2.75) is 24.8 Å². The molecular weight excluding hydrogens is 388 g/mol. The van der Waals surface area contributed by atoms with E-state index in [1.807, 2.05) is 43.5 Å². The second-order valence-corrected chi connectivity index (χ2v) is 8.19. The van der Waals surface area contributed by atoms with Gasteiger partial charge in [-0.2, -0.15) is 0 Å². The minimum absolute atomic E-state index is 0.0120. The summed E-state index contributed by atoms with van der Waals surface area (Å²) in [5, 5.41) is 2.99. The van der Waals surface area contributed by atoms with E-state index in [0.29, 0.717) is 43.5 Å². The van der Waals surface area contributed by atoms with Gasteiger partial charge in [0.2, 0.25) is 11.8 Å². The average Bonchev–Trinajstić information content (AvgIpc) is 3.09. The van der Waals surface area contributed by atoms with Crippen molar-refractivity contribution in [2.75, 3.05) is 31.3 Å². The van der Waals surface area contributed by atoms with E-state index < -0.39 is 0 Å². The summed E-state index contributed by atoms with van der Waals surface area (Å²) in [6.07, 6.45) is 2.18. The zero-order valence-corrected chi connectivity index (χ0v) is 17.4. The first-order valence-electron chi connectivity index (χ1n) is 9.65. The third-order valence-electron chi connectivity index (χ3n) is 5.20. The van der Waals surface area contributed by atoms with E-state index in [0.717, 1.165) is 10.5 Å². The number of nitrogens with zero attached hydrogens (tertiary/aromatic N) is 1. The van der Waals surface area contributed by atoms with Crippen molar-refractivity contribution in [1.29, 1.82) is 0 Å². The van der Waals surface area contributed by atoms with Crippen LogP contribution in [0.15, 0.2) is 41.3 Å². The minimum Gasteiger partial charge on any atom is -0.486 e. The Hall–Kier alpha value is -2.67. The van der Waals surface area contributed by atoms with Crippen molar-refractivity contribution in [1.82, 2.24) is 4.90 Å². The Morgan fingerprint density at radius 2 is 1.86 bits per heavy atom. The Labute approximate surface area is 174 Å². The zero-order valence-electron chi connectivity index (χ0n) is 16.6. The van der Waals surface area contributed by atoms with E-state index in [-0.39, 0.29) is 24.2 Å². The number of hydrogen-bond donors (Lipinski definition) is 1. The lowest BCUT2D eigenvalue weighted by molar-refractivity contribution is -0.128. The van der Waals surface area contributed by atoms with E-state index in [2.05, 4.69) is 5.32 Å². The molecule has 4 rings (SSSR count). The molecule has 0 saturated carbocycles. The highest BCUT2D eigenvalue weighted by Gasteiger charge is 2.34. The van der Waals surface area contributed by atoms with Crippen molar-refractivity contribution in [3.8, 4) is 11.5 Å². The lowest BCUT2D eigenvalue weighted by Gasteiger charge is -2.21. The van der Waals surface area contributed by atoms with Crippen molar-refractivity contribution in [3.05, 3.63) is 47.5 Å². The molecule has 2 aromatic carbocycles. The van der Waals surface area contributed by atoms with E-state index in [4.69, 9.17) is 9.47 Å². The Morgan fingerprint density at radius 1 is 1.17 bits per heavy atom. The molecule has 0 aromatic heterocycles. The number of carbonyl (C=O) groups excluding carboxylic acids is 2. The number of nitrogens with one attached hydrogen (secondary N) is 1. The van der Waals surface area contributed by atoms with Crippen LogP contribution in [0, 0.1) is 12.8 Å². The van der Waals surface area contributed by atoms with E-state index >= 15 is 0 Å². The van der Waals surface area contributed by atoms with Crippen LogP contribution in [0.25, 0.3) is 0 Å². The van der Waals surface area contributed by atoms with Crippen LogP contribution in [-0.2, 0) is 16.1 Å². The van der Waals surface area contributed by atoms with Crippen molar-refractivity contribution in [3.63, 3.8) is 0 Å². The number of carbonyl (C=O) groups is 2. The molecule has 2 aliphatic heterocycles. The van der Waals surface area contributed by atoms with Gasteiger partial charge >= 0.3 is 0 Å². The summed E-state index contributed by atoms with van der Waals surface area (Å²) in [7, 11) is 0. The molecule has 7 heteroatoms. The van der Waals surface area contributed by atoms with Crippen molar-refractivity contribution < 1.29 is 19.1 Å². The summed E-state index contributed by atoms with van der Waals surface area (Å²) in [4.78, 5) is 28.0. The fourth-order valence-corrected chi connectivity index (χ4v) is 4.14. The molecule has 0 aliphatic carbocycles. The standard InChI is InChI=1S/C22H24N2O4S/c1-14-3-5-15(6-4-14)12-24-13-16(9-21(24)25)22(26)23-17-10-18-19(11-20(17)29-2)28-8-7-27-18/h3-6,10-11,16H,7-9,12-13H2,1-2H3,(H,23,26). The molecule has 2 amide bonds. The van der Waals surface area contributed by atoms with E-state index in [1.54, 1.807) is 11.0 Å². The first-order chi connectivity index (χ1) is 14.0. The molecule has 0 radical (unpaired) electrons. The number of anilines is 1. The van der Waals surface area contributed by atoms with E-state index in [9.17, 15) is 9.59 Å². The van der Waals surface area contributed by atoms with Gasteiger partial charge in [-0.05, 0) is 24.8 Å². The Balaban J connectivity index is 1.44. The van der Waals surface area contributed by atoms with Gasteiger partial charge in [0.25, 0.3) is 0 Å². The predicted molar refractivity (Wildman–Crippen MR) is 113 cm³/mol. The van der Waals surface area contributed by atoms with Gasteiger partial charge < -0.3 is 19.7 Å². The average molecular weight is 413 g/mol. The minimum atomic E-state index is -0.365. The van der Waals surface area contributed by atoms with Gasteiger partial charge in [0, 0.05) is 30.5 Å². The monoisotopic (exact) mass is 412 g/mol. The normalized spacial score (nSPS) is 18.1. The molecule has 1 unspecified atom stereocenters. The predicted octanol–water partition coefficient (Wildman–Crippen LogP) is 3.48. The summed E-state index contributed by atoms with van der Waals surface area (Å²) in [6.45, 7) is 4.00. The molecule has 29 heavy (non-hydrogen) atoms. The summed E-state index contributed by atoms with van der Waals surface area (Å²) in [5.41, 5.74) is 2.94. The summed E-state index contributed by atoms with van der Waals surface area (Å²) in [5.74, 6) is 0.831. The van der Waals surface area contributed by atoms with Crippen molar-refractivity contribution in [2.24, 2.45) is 5.92 Å². The first kappa shape index (κ1) is 19.6. The topological polar surface area (TPSA) is 67.9 Å². The SMILES string of the molecule is CSc1cc2c(cc1NC(=O)C1CC(=O)N(Cc3ccc(C)cc3)C1)OCCO2. The van der Waals surface area contributed by atoms with Crippen LogP contribution >= 0.6 is 11.8 Å². The number of amides is 2. The van der Waals surface area contributed by atoms with Crippen LogP contribution in [0.4, 0.5) is 5.69 Å². The van der Waals surface area contributed by atoms with Crippen LogP contribution in [0.1, 0.15) is 17.5 Å². The number of rotatable bonds is 5. The molecule has 152 valence electrons. The molecule has 1 N–H and O–H groups in total. The Morgan fingerprint density at radius 3 is 2.55 bits per heavy atom. The van der Waals surface area contributed by atoms with Gasteiger partial charge in [0.15, 0.2) is 11.5 Å². The number of ether oxygens (including phenoxy) is 2. The second kappa shape index (κ2) is 8.37. The molecule has 1 fully saturated rings. The van der Waals surface area contributed by atoms with Crippen LogP contribution in [-0.4, -0.2) is 42.7 Å². The molecule has 2 heterocycles. The summed E-state index contributed by atoms with van der Waals surface area (Å²) < 4.78 is 11.2. The highest BCUT2D eigenvalue weighted by molar-refractivity contribution is 7.98. The number of likely N-dealkylation sites (tertiary alicyclic amines) is 1. The smallest absolute Gasteiger partial charge is 0.229 e. The second-order valence-electron chi connectivity index (χ2n) is 7.35. The third kappa shape index (κ3) is 4.34. The van der Waals surface area contributed by atoms with Crippen molar-refractivity contribution >= 4 is 29.3 Å². The molecule has 1 saturated heterocycles. The van der Waals surface area contributed by atoms with Gasteiger partial charge in [-0.3, -0.25) is 9.59 Å². The number of hydrogen-bond acceptors (Lipinski definition) is 5. The zero-order chi connectivity index (χ0) is 20.4. The fourth-order valence-electron chi connectivity index (χ4n) is 3.59. The first-order valence-corrected chi connectivity index (χ1v) is 10.9. The molecular formula is C22H24N2O4S. The molecule has 2 aromatic rings. The van der Waals surface area contributed by atoms with Crippen LogP contribution in [0.5, 0.6) is 11.5 Å². The van der Waals surface area contributed by atoms with Gasteiger partial charge in [0.05, 0.1) is 11.6 Å². The summed E-state index contributed by atoms with van der Waals surface area (Å²) in [6, 6.07) is 11.8. The fraction of sp³-hybridized carbons (Fsp3) is 0.364. The number of fused-ring (bicyclic) bond motifs is 1. The largest absolute Gasteiger partial charge is 0.486 e. The van der Waals surface area contributed by atoms with Crippen LogP contribution < -0.4 is 14.8 Å². The third-order valence-corrected chi connectivity index (χ3v) is 5.98. The van der Waals surface area contributed by atoms with Gasteiger partial charge in [-0.15, -0.1) is 11.8 Å². The van der Waals surface area contributed by atoms with Crippen LogP contribution in [0.3, 0.4) is 0 Å². The lowest BCUT2D eigenvalue weighted by atomic mass is 10.1. The number of aryl methyl sites for hydroxylation is 1. The molecule has 6 nitrogen and oxygen atoms in total. The summed E-state index contributed by atoms with van der Waals surface area (Å²) >= 11 is 1.53. The highest BCUT2D eigenvalue weighted by Crippen LogP contribution is 2.39. The van der Waals surface area contributed by atoms with Crippen LogP contribution in [0.2, 0.25) is 0 Å². The Bertz CT molecular complexity index is 929. The van der Waals surface area contributed by atoms with Gasteiger partial charge in [0.1, 0.15) is 13.2 Å². The maximum absolute atomic E-state index is 12.9. The highest BCUT2D eigenvalue weighted by atomic mass is 32.2. The van der Waals surface area contributed by atoms with Gasteiger partial charge in [-0.1, -0.05) is 29.8 Å². The maximum Gasteiger partial charge on any atom is 0.229 e. The molecule has 2 aliphatic rings. The van der Waals surface area contributed by atoms with Gasteiger partial charge in [-0.25, -0.2) is 0 Å². The molecule has 0 bridgehead atoms.